The van der Waals surface area contributed by atoms with Gasteiger partial charge in [0.25, 0.3) is 0 Å². The second-order valence-electron chi connectivity index (χ2n) is 8.81. The maximum Gasteiger partial charge on any atom is 0.310 e. The van der Waals surface area contributed by atoms with E-state index in [1.165, 1.54) is 7.11 Å². The van der Waals surface area contributed by atoms with Gasteiger partial charge in [0.1, 0.15) is 0 Å². The van der Waals surface area contributed by atoms with Crippen molar-refractivity contribution >= 4 is 17.8 Å². The fourth-order valence-corrected chi connectivity index (χ4v) is 4.35. The van der Waals surface area contributed by atoms with Gasteiger partial charge < -0.3 is 24.0 Å². The number of esters is 1. The molecule has 2 unspecified atom stereocenters. The molecule has 0 bridgehead atoms. The van der Waals surface area contributed by atoms with Crippen molar-refractivity contribution in [3.63, 3.8) is 0 Å². The quantitative estimate of drug-likeness (QED) is 0.458. The van der Waals surface area contributed by atoms with Gasteiger partial charge in [0.05, 0.1) is 33.2 Å². The van der Waals surface area contributed by atoms with Gasteiger partial charge in [-0.05, 0) is 29.7 Å². The summed E-state index contributed by atoms with van der Waals surface area (Å²) in [7, 11) is 4.52. The molecular weight excluding hydrogens is 448 g/mol. The average molecular weight is 483 g/mol. The van der Waals surface area contributed by atoms with Crippen molar-refractivity contribution in [3.8, 4) is 11.5 Å². The summed E-state index contributed by atoms with van der Waals surface area (Å²) in [5, 5.41) is 0. The topological polar surface area (TPSA) is 85.4 Å². The van der Waals surface area contributed by atoms with Crippen LogP contribution in [0, 0.1) is 11.8 Å². The molecule has 0 spiro atoms. The number of nitrogens with zero attached hydrogens (tertiary/aromatic N) is 2. The molecule has 0 aromatic heterocycles. The van der Waals surface area contributed by atoms with Crippen LogP contribution >= 0.6 is 0 Å². The molecule has 1 fully saturated rings. The molecule has 2 aromatic carbocycles. The molecule has 0 aliphatic carbocycles. The lowest BCUT2D eigenvalue weighted by atomic mass is 10.0. The first-order valence-electron chi connectivity index (χ1n) is 11.8. The van der Waals surface area contributed by atoms with Gasteiger partial charge in [-0.25, -0.2) is 0 Å². The van der Waals surface area contributed by atoms with E-state index < -0.39 is 11.8 Å². The molecule has 1 aliphatic rings. The number of hydrogen-bond donors (Lipinski definition) is 0. The van der Waals surface area contributed by atoms with Crippen LogP contribution in [0.5, 0.6) is 11.5 Å². The average Bonchev–Trinajstić information content (AvgIpc) is 3.26. The Labute approximate surface area is 206 Å². The van der Waals surface area contributed by atoms with Crippen molar-refractivity contribution in [3.05, 3.63) is 59.7 Å². The van der Waals surface area contributed by atoms with Gasteiger partial charge >= 0.3 is 5.97 Å². The van der Waals surface area contributed by atoms with Crippen molar-refractivity contribution in [1.29, 1.82) is 0 Å². The van der Waals surface area contributed by atoms with E-state index in [-0.39, 0.29) is 30.7 Å². The van der Waals surface area contributed by atoms with Crippen LogP contribution in [0.4, 0.5) is 0 Å². The smallest absolute Gasteiger partial charge is 0.310 e. The summed E-state index contributed by atoms with van der Waals surface area (Å²) in [6.45, 7) is 3.22. The lowest BCUT2D eigenvalue weighted by Gasteiger charge is -2.28. The van der Waals surface area contributed by atoms with E-state index in [2.05, 4.69) is 0 Å². The highest BCUT2D eigenvalue weighted by Gasteiger charge is 2.37. The SMILES string of the molecule is COC(=O)C(C)CN(Cc1ccccc1)C(=O)C1CC(=O)N(CCc2ccc(OC)c(OC)c2)C1. The van der Waals surface area contributed by atoms with Crippen LogP contribution in [-0.2, 0) is 32.1 Å². The van der Waals surface area contributed by atoms with E-state index in [4.69, 9.17) is 14.2 Å². The molecule has 0 saturated carbocycles. The number of likely N-dealkylation sites (tertiary alicyclic amines) is 1. The Hall–Kier alpha value is -3.55. The predicted molar refractivity (Wildman–Crippen MR) is 131 cm³/mol. The molecule has 8 nitrogen and oxygen atoms in total. The second kappa shape index (κ2) is 12.2. The summed E-state index contributed by atoms with van der Waals surface area (Å²) < 4.78 is 15.5. The molecule has 1 saturated heterocycles. The summed E-state index contributed by atoms with van der Waals surface area (Å²) in [6, 6.07) is 15.3. The van der Waals surface area contributed by atoms with Gasteiger partial charge in [0.15, 0.2) is 11.5 Å². The minimum atomic E-state index is -0.467. The number of carbonyl (C=O) groups is 3. The number of carbonyl (C=O) groups excluding carboxylic acids is 3. The first-order chi connectivity index (χ1) is 16.9. The molecule has 1 heterocycles. The van der Waals surface area contributed by atoms with Crippen molar-refractivity contribution in [2.24, 2.45) is 11.8 Å². The Bertz CT molecular complexity index is 1030. The number of hydrogen-bond acceptors (Lipinski definition) is 6. The number of benzene rings is 2. The van der Waals surface area contributed by atoms with Gasteiger partial charge in [0.2, 0.25) is 11.8 Å². The molecule has 2 aromatic rings. The predicted octanol–water partition coefficient (Wildman–Crippen LogP) is 2.93. The largest absolute Gasteiger partial charge is 0.493 e. The summed E-state index contributed by atoms with van der Waals surface area (Å²) in [5.74, 6) is -0.140. The minimum Gasteiger partial charge on any atom is -0.493 e. The molecule has 2 amide bonds. The van der Waals surface area contributed by atoms with Crippen LogP contribution in [0.1, 0.15) is 24.5 Å². The molecule has 0 N–H and O–H groups in total. The van der Waals surface area contributed by atoms with Gasteiger partial charge in [-0.3, -0.25) is 14.4 Å². The summed E-state index contributed by atoms with van der Waals surface area (Å²) in [6.07, 6.45) is 0.808. The minimum absolute atomic E-state index is 0.0375. The highest BCUT2D eigenvalue weighted by molar-refractivity contribution is 5.89. The lowest BCUT2D eigenvalue weighted by molar-refractivity contribution is -0.147. The molecular formula is C27H34N2O6. The first-order valence-corrected chi connectivity index (χ1v) is 11.8. The monoisotopic (exact) mass is 482 g/mol. The summed E-state index contributed by atoms with van der Waals surface area (Å²) in [5.41, 5.74) is 1.98. The Balaban J connectivity index is 1.66. The molecule has 35 heavy (non-hydrogen) atoms. The van der Waals surface area contributed by atoms with Gasteiger partial charge in [-0.15, -0.1) is 0 Å². The van der Waals surface area contributed by atoms with E-state index in [0.29, 0.717) is 37.6 Å². The lowest BCUT2D eigenvalue weighted by Crippen LogP contribution is -2.41. The molecule has 1 aliphatic heterocycles. The van der Waals surface area contributed by atoms with Gasteiger partial charge in [-0.1, -0.05) is 43.3 Å². The molecule has 3 rings (SSSR count). The van der Waals surface area contributed by atoms with Crippen molar-refractivity contribution in [2.75, 3.05) is 41.0 Å². The first kappa shape index (κ1) is 26.1. The Morgan fingerprint density at radius 2 is 1.74 bits per heavy atom. The van der Waals surface area contributed by atoms with Crippen molar-refractivity contribution < 1.29 is 28.6 Å². The third-order valence-electron chi connectivity index (χ3n) is 6.31. The fourth-order valence-electron chi connectivity index (χ4n) is 4.35. The van der Waals surface area contributed by atoms with Crippen LogP contribution in [0.15, 0.2) is 48.5 Å². The van der Waals surface area contributed by atoms with Gasteiger partial charge in [-0.2, -0.15) is 0 Å². The Kier molecular flexibility index (Phi) is 9.11. The zero-order valence-electron chi connectivity index (χ0n) is 20.9. The molecule has 8 heteroatoms. The molecule has 0 radical (unpaired) electrons. The third kappa shape index (κ3) is 6.74. The second-order valence-corrected chi connectivity index (χ2v) is 8.81. The van der Waals surface area contributed by atoms with Gasteiger partial charge in [0, 0.05) is 32.6 Å². The van der Waals surface area contributed by atoms with E-state index in [9.17, 15) is 14.4 Å². The summed E-state index contributed by atoms with van der Waals surface area (Å²) >= 11 is 0. The highest BCUT2D eigenvalue weighted by Crippen LogP contribution is 2.28. The van der Waals surface area contributed by atoms with E-state index in [0.717, 1.165) is 11.1 Å². The summed E-state index contributed by atoms with van der Waals surface area (Å²) in [4.78, 5) is 41.6. The normalized spacial score (nSPS) is 16.1. The zero-order chi connectivity index (χ0) is 25.4. The van der Waals surface area contributed by atoms with Crippen LogP contribution in [0.25, 0.3) is 0 Å². The maximum atomic E-state index is 13.5. The number of ether oxygens (including phenoxy) is 3. The molecule has 188 valence electrons. The van der Waals surface area contributed by atoms with Crippen LogP contribution < -0.4 is 9.47 Å². The number of rotatable bonds is 11. The maximum absolute atomic E-state index is 13.5. The van der Waals surface area contributed by atoms with Crippen LogP contribution in [0.3, 0.4) is 0 Å². The third-order valence-corrected chi connectivity index (χ3v) is 6.31. The van der Waals surface area contributed by atoms with Crippen LogP contribution in [0.2, 0.25) is 0 Å². The van der Waals surface area contributed by atoms with E-state index >= 15 is 0 Å². The standard InChI is InChI=1S/C27H34N2O6/c1-19(27(32)35-4)16-29(17-21-8-6-5-7-9-21)26(31)22-15-25(30)28(18-22)13-12-20-10-11-23(33-2)24(14-20)34-3/h5-11,14,19,22H,12-13,15-18H2,1-4H3. The Morgan fingerprint density at radius 1 is 1.03 bits per heavy atom. The number of amides is 2. The van der Waals surface area contributed by atoms with Crippen molar-refractivity contribution in [2.45, 2.75) is 26.3 Å². The van der Waals surface area contributed by atoms with Crippen LogP contribution in [-0.4, -0.2) is 68.5 Å². The zero-order valence-corrected chi connectivity index (χ0v) is 20.9. The Morgan fingerprint density at radius 3 is 2.40 bits per heavy atom. The molecule has 2 atom stereocenters. The fraction of sp³-hybridized carbons (Fsp3) is 0.444. The number of methoxy groups -OCH3 is 3. The van der Waals surface area contributed by atoms with Crippen molar-refractivity contribution in [1.82, 2.24) is 9.80 Å². The van der Waals surface area contributed by atoms with E-state index in [1.807, 2.05) is 48.5 Å². The highest BCUT2D eigenvalue weighted by atomic mass is 16.5. The van der Waals surface area contributed by atoms with E-state index in [1.54, 1.807) is 30.9 Å².